The van der Waals surface area contributed by atoms with E-state index in [9.17, 15) is 9.59 Å². The van der Waals surface area contributed by atoms with Crippen molar-refractivity contribution in [2.75, 3.05) is 5.32 Å². The van der Waals surface area contributed by atoms with Crippen LogP contribution < -0.4 is 10.9 Å². The molecule has 5 rings (SSSR count). The smallest absolute Gasteiger partial charge is 0.267 e. The quantitative estimate of drug-likeness (QED) is 0.353. The van der Waals surface area contributed by atoms with Gasteiger partial charge in [-0.3, -0.25) is 14.0 Å². The molecule has 3 aromatic carbocycles. The number of aromatic nitrogens is 4. The highest BCUT2D eigenvalue weighted by Gasteiger charge is 2.22. The Kier molecular flexibility index (Phi) is 5.90. The summed E-state index contributed by atoms with van der Waals surface area (Å²) in [7, 11) is 0. The lowest BCUT2D eigenvalue weighted by molar-refractivity contribution is -0.115. The Labute approximate surface area is 206 Å². The van der Waals surface area contributed by atoms with E-state index in [1.807, 2.05) is 92.8 Å². The average Bonchev–Trinajstić information content (AvgIpc) is 3.26. The minimum Gasteiger partial charge on any atom is -0.325 e. The molecule has 0 fully saturated rings. The van der Waals surface area contributed by atoms with E-state index in [1.165, 1.54) is 11.8 Å². The number of hydrogen-bond acceptors (Lipinski definition) is 5. The van der Waals surface area contributed by atoms with Crippen molar-refractivity contribution in [1.29, 1.82) is 0 Å². The van der Waals surface area contributed by atoms with E-state index in [1.54, 1.807) is 10.6 Å². The van der Waals surface area contributed by atoms with Crippen LogP contribution in [-0.2, 0) is 4.79 Å². The fraction of sp³-hybridized carbons (Fsp3) is 0.185. The van der Waals surface area contributed by atoms with Crippen LogP contribution in [0.2, 0.25) is 0 Å². The van der Waals surface area contributed by atoms with Gasteiger partial charge < -0.3 is 5.32 Å². The molecule has 0 radical (unpaired) electrons. The number of fused-ring (bicyclic) bond motifs is 3. The van der Waals surface area contributed by atoms with Gasteiger partial charge >= 0.3 is 0 Å². The van der Waals surface area contributed by atoms with Gasteiger partial charge in [0.2, 0.25) is 11.7 Å². The molecule has 2 aromatic heterocycles. The van der Waals surface area contributed by atoms with Crippen LogP contribution in [0.25, 0.3) is 22.4 Å². The maximum atomic E-state index is 13.4. The third-order valence-electron chi connectivity index (χ3n) is 6.07. The molecule has 1 N–H and O–H groups in total. The first-order chi connectivity index (χ1) is 16.8. The van der Waals surface area contributed by atoms with Crippen molar-refractivity contribution in [1.82, 2.24) is 19.2 Å². The summed E-state index contributed by atoms with van der Waals surface area (Å²) in [5.41, 5.74) is 5.19. The zero-order valence-electron chi connectivity index (χ0n) is 19.9. The minimum absolute atomic E-state index is 0.125. The second-order valence-corrected chi connectivity index (χ2v) is 9.94. The highest BCUT2D eigenvalue weighted by molar-refractivity contribution is 8.00. The number of nitrogens with one attached hydrogen (secondary N) is 1. The lowest BCUT2D eigenvalue weighted by Crippen LogP contribution is -2.24. The van der Waals surface area contributed by atoms with E-state index in [-0.39, 0.29) is 11.5 Å². The molecule has 0 aliphatic carbocycles. The van der Waals surface area contributed by atoms with Crippen molar-refractivity contribution in [2.45, 2.75) is 38.1 Å². The first-order valence-corrected chi connectivity index (χ1v) is 12.2. The number of rotatable bonds is 5. The van der Waals surface area contributed by atoms with E-state index >= 15 is 0 Å². The van der Waals surface area contributed by atoms with Crippen LogP contribution in [0.1, 0.15) is 23.6 Å². The van der Waals surface area contributed by atoms with Crippen LogP contribution >= 0.6 is 11.8 Å². The van der Waals surface area contributed by atoms with Crippen LogP contribution in [-0.4, -0.2) is 30.3 Å². The molecule has 0 spiro atoms. The van der Waals surface area contributed by atoms with Crippen molar-refractivity contribution in [3.8, 4) is 5.69 Å². The van der Waals surface area contributed by atoms with E-state index in [2.05, 4.69) is 15.5 Å². The summed E-state index contributed by atoms with van der Waals surface area (Å²) in [6, 6.07) is 21.0. The Morgan fingerprint density at radius 2 is 1.60 bits per heavy atom. The lowest BCUT2D eigenvalue weighted by Gasteiger charge is -2.15. The molecule has 0 bridgehead atoms. The standard InChI is InChI=1S/C27H25N5O2S/c1-16-12-14-20(15-13-16)31-25(34)21-10-5-6-11-22(21)32-26(31)29-30-27(32)35-19(4)24(33)28-23-17(2)8-7-9-18(23)3/h5-15,19H,1-4H3,(H,28,33). The Morgan fingerprint density at radius 1 is 0.914 bits per heavy atom. The van der Waals surface area contributed by atoms with Gasteiger partial charge in [0.15, 0.2) is 5.16 Å². The Hall–Kier alpha value is -3.91. The first-order valence-electron chi connectivity index (χ1n) is 11.3. The summed E-state index contributed by atoms with van der Waals surface area (Å²) in [4.78, 5) is 26.5. The van der Waals surface area contributed by atoms with Crippen molar-refractivity contribution in [3.63, 3.8) is 0 Å². The lowest BCUT2D eigenvalue weighted by atomic mass is 10.1. The molecule has 176 valence electrons. The van der Waals surface area contributed by atoms with Crippen LogP contribution in [0, 0.1) is 20.8 Å². The molecule has 0 aliphatic rings. The molecule has 0 saturated heterocycles. The molecule has 1 amide bonds. The SMILES string of the molecule is Cc1ccc(-n2c(=O)c3ccccc3n3c(SC(C)C(=O)Nc4c(C)cccc4C)nnc23)cc1. The molecule has 0 saturated carbocycles. The maximum Gasteiger partial charge on any atom is 0.267 e. The molecule has 5 aromatic rings. The van der Waals surface area contributed by atoms with E-state index in [0.717, 1.165) is 22.4 Å². The van der Waals surface area contributed by atoms with E-state index in [4.69, 9.17) is 0 Å². The molecule has 7 nitrogen and oxygen atoms in total. The molecular formula is C27H25N5O2S. The number of para-hydroxylation sites is 2. The largest absolute Gasteiger partial charge is 0.325 e. The predicted octanol–water partition coefficient (Wildman–Crippen LogP) is 5.08. The summed E-state index contributed by atoms with van der Waals surface area (Å²) in [5, 5.41) is 12.5. The van der Waals surface area contributed by atoms with E-state index in [0.29, 0.717) is 27.5 Å². The molecule has 35 heavy (non-hydrogen) atoms. The number of thioether (sulfide) groups is 1. The van der Waals surface area contributed by atoms with Gasteiger partial charge in [-0.05, 0) is 63.1 Å². The van der Waals surface area contributed by atoms with Gasteiger partial charge in [0.05, 0.1) is 21.8 Å². The number of carbonyl (C=O) groups excluding carboxylic acids is 1. The molecule has 2 heterocycles. The van der Waals surface area contributed by atoms with Gasteiger partial charge in [0, 0.05) is 5.69 Å². The predicted molar refractivity (Wildman–Crippen MR) is 141 cm³/mol. The van der Waals surface area contributed by atoms with Gasteiger partial charge in [-0.1, -0.05) is 59.8 Å². The average molecular weight is 484 g/mol. The number of benzene rings is 3. The second-order valence-electron chi connectivity index (χ2n) is 8.63. The Balaban J connectivity index is 1.58. The number of amides is 1. The van der Waals surface area contributed by atoms with E-state index < -0.39 is 5.25 Å². The number of hydrogen-bond donors (Lipinski definition) is 1. The number of anilines is 1. The van der Waals surface area contributed by atoms with Crippen molar-refractivity contribution >= 4 is 40.0 Å². The summed E-state index contributed by atoms with van der Waals surface area (Å²) < 4.78 is 3.42. The maximum absolute atomic E-state index is 13.4. The summed E-state index contributed by atoms with van der Waals surface area (Å²) >= 11 is 1.31. The van der Waals surface area contributed by atoms with Crippen molar-refractivity contribution in [3.05, 3.63) is 93.8 Å². The molecule has 0 aliphatic heterocycles. The van der Waals surface area contributed by atoms with Gasteiger partial charge in [-0.25, -0.2) is 4.57 Å². The molecular weight excluding hydrogens is 458 g/mol. The van der Waals surface area contributed by atoms with Gasteiger partial charge in [-0.15, -0.1) is 10.2 Å². The third kappa shape index (κ3) is 4.10. The Morgan fingerprint density at radius 3 is 2.31 bits per heavy atom. The zero-order valence-corrected chi connectivity index (χ0v) is 20.8. The topological polar surface area (TPSA) is 81.3 Å². The van der Waals surface area contributed by atoms with Crippen LogP contribution in [0.3, 0.4) is 0 Å². The highest BCUT2D eigenvalue weighted by Crippen LogP contribution is 2.28. The molecule has 1 atom stereocenters. The minimum atomic E-state index is -0.445. The van der Waals surface area contributed by atoms with Crippen LogP contribution in [0.4, 0.5) is 5.69 Å². The number of nitrogens with zero attached hydrogens (tertiary/aromatic N) is 4. The van der Waals surface area contributed by atoms with Gasteiger partial charge in [0.25, 0.3) is 5.56 Å². The second kappa shape index (κ2) is 9.03. The monoisotopic (exact) mass is 483 g/mol. The highest BCUT2D eigenvalue weighted by atomic mass is 32.2. The van der Waals surface area contributed by atoms with Crippen LogP contribution in [0.15, 0.2) is 76.7 Å². The Bertz CT molecular complexity index is 1620. The zero-order chi connectivity index (χ0) is 24.7. The molecule has 8 heteroatoms. The number of carbonyl (C=O) groups is 1. The van der Waals surface area contributed by atoms with Gasteiger partial charge in [-0.2, -0.15) is 0 Å². The fourth-order valence-corrected chi connectivity index (χ4v) is 4.99. The van der Waals surface area contributed by atoms with Crippen molar-refractivity contribution in [2.24, 2.45) is 0 Å². The van der Waals surface area contributed by atoms with Crippen LogP contribution in [0.5, 0.6) is 0 Å². The van der Waals surface area contributed by atoms with Crippen molar-refractivity contribution < 1.29 is 4.79 Å². The third-order valence-corrected chi connectivity index (χ3v) is 7.11. The summed E-state index contributed by atoms with van der Waals surface area (Å²) in [6.45, 7) is 7.79. The first kappa shape index (κ1) is 22.9. The summed E-state index contributed by atoms with van der Waals surface area (Å²) in [5.74, 6) is 0.280. The summed E-state index contributed by atoms with van der Waals surface area (Å²) in [6.07, 6.45) is 0. The molecule has 1 unspecified atom stereocenters. The number of aryl methyl sites for hydroxylation is 3. The fourth-order valence-electron chi connectivity index (χ4n) is 4.13. The normalized spacial score (nSPS) is 12.2. The van der Waals surface area contributed by atoms with Gasteiger partial charge in [0.1, 0.15) is 0 Å².